The number of pyridine rings is 1. The van der Waals surface area contributed by atoms with E-state index in [-0.39, 0.29) is 23.7 Å². The topological polar surface area (TPSA) is 56.1 Å². The molecule has 0 unspecified atom stereocenters. The number of aryl methyl sites for hydroxylation is 1. The zero-order valence-electron chi connectivity index (χ0n) is 20.0. The molecule has 4 heterocycles. The van der Waals surface area contributed by atoms with Crippen molar-refractivity contribution in [1.82, 2.24) is 14.3 Å². The molecule has 34 heavy (non-hydrogen) atoms. The summed E-state index contributed by atoms with van der Waals surface area (Å²) in [5, 5.41) is 0. The molecule has 2 aromatic heterocycles. The molecule has 5 rings (SSSR count). The predicted octanol–water partition coefficient (Wildman–Crippen LogP) is 4.36. The fraction of sp³-hybridized carbons (Fsp3) is 0.481. The van der Waals surface area contributed by atoms with E-state index in [1.54, 1.807) is 0 Å². The van der Waals surface area contributed by atoms with Gasteiger partial charge in [-0.25, -0.2) is 9.37 Å². The molecule has 0 saturated carbocycles. The van der Waals surface area contributed by atoms with E-state index in [0.717, 1.165) is 29.0 Å². The number of rotatable bonds is 4. The summed E-state index contributed by atoms with van der Waals surface area (Å²) in [7, 11) is 0. The first-order valence-electron chi connectivity index (χ1n) is 12.1. The van der Waals surface area contributed by atoms with Crippen molar-refractivity contribution in [3.8, 4) is 0 Å². The Labute approximate surface area is 199 Å². The standard InChI is InChI=1S/C27H32FN3O3/c1-18(2)22-15-27(17-33-26(22)20-7-9-21(28)10-8-20)16-30(12-13-34-27)25(32)14-23-19(3)29-24-6-4-5-11-31(23)24/h4-11,18,22,26H,12-17H2,1-3H3/t22-,26-,27-/m0/s1. The van der Waals surface area contributed by atoms with Crippen LogP contribution in [0.2, 0.25) is 0 Å². The fourth-order valence-corrected chi connectivity index (χ4v) is 5.44. The Morgan fingerprint density at radius 2 is 2.03 bits per heavy atom. The van der Waals surface area contributed by atoms with Gasteiger partial charge in [-0.15, -0.1) is 0 Å². The SMILES string of the molecule is Cc1nc2ccccn2c1CC(=O)N1CCO[C@]2(CO[C@@H](c3ccc(F)cc3)[C@H](C(C)C)C2)C1. The second-order valence-electron chi connectivity index (χ2n) is 9.99. The molecule has 6 nitrogen and oxygen atoms in total. The summed E-state index contributed by atoms with van der Waals surface area (Å²) < 4.78 is 28.1. The van der Waals surface area contributed by atoms with Crippen molar-refractivity contribution in [2.45, 2.75) is 45.3 Å². The highest BCUT2D eigenvalue weighted by molar-refractivity contribution is 5.79. The Hall–Kier alpha value is -2.77. The molecular formula is C27H32FN3O3. The number of carbonyl (C=O) groups excluding carboxylic acids is 1. The number of imidazole rings is 1. The zero-order valence-corrected chi connectivity index (χ0v) is 20.0. The predicted molar refractivity (Wildman–Crippen MR) is 127 cm³/mol. The number of amides is 1. The summed E-state index contributed by atoms with van der Waals surface area (Å²) in [5.74, 6) is 0.388. The number of halogens is 1. The van der Waals surface area contributed by atoms with E-state index in [0.29, 0.717) is 38.6 Å². The number of hydrogen-bond donors (Lipinski definition) is 0. The van der Waals surface area contributed by atoms with Gasteiger partial charge in [0.05, 0.1) is 43.7 Å². The van der Waals surface area contributed by atoms with Crippen LogP contribution in [0, 0.1) is 24.6 Å². The average Bonchev–Trinajstić information content (AvgIpc) is 3.14. The normalized spacial score (nSPS) is 25.4. The van der Waals surface area contributed by atoms with Crippen molar-refractivity contribution < 1.29 is 18.7 Å². The van der Waals surface area contributed by atoms with Crippen molar-refractivity contribution in [2.24, 2.45) is 11.8 Å². The average molecular weight is 466 g/mol. The van der Waals surface area contributed by atoms with Crippen LogP contribution in [-0.4, -0.2) is 52.1 Å². The van der Waals surface area contributed by atoms with Crippen LogP contribution in [0.25, 0.3) is 5.65 Å². The smallest absolute Gasteiger partial charge is 0.228 e. The van der Waals surface area contributed by atoms with Crippen LogP contribution < -0.4 is 0 Å². The highest BCUT2D eigenvalue weighted by Crippen LogP contribution is 2.44. The maximum absolute atomic E-state index is 13.5. The first-order chi connectivity index (χ1) is 16.3. The Balaban J connectivity index is 1.32. The van der Waals surface area contributed by atoms with Crippen LogP contribution >= 0.6 is 0 Å². The minimum atomic E-state index is -0.520. The van der Waals surface area contributed by atoms with E-state index >= 15 is 0 Å². The molecule has 0 radical (unpaired) electrons. The molecular weight excluding hydrogens is 433 g/mol. The highest BCUT2D eigenvalue weighted by Gasteiger charge is 2.47. The van der Waals surface area contributed by atoms with Crippen LogP contribution in [0.3, 0.4) is 0 Å². The summed E-state index contributed by atoms with van der Waals surface area (Å²) in [4.78, 5) is 19.9. The molecule has 2 fully saturated rings. The molecule has 2 aliphatic heterocycles. The third-order valence-corrected chi connectivity index (χ3v) is 7.33. The third kappa shape index (κ3) is 4.34. The number of carbonyl (C=O) groups is 1. The van der Waals surface area contributed by atoms with Crippen LogP contribution in [0.15, 0.2) is 48.7 Å². The number of aromatic nitrogens is 2. The van der Waals surface area contributed by atoms with Crippen molar-refractivity contribution in [1.29, 1.82) is 0 Å². The van der Waals surface area contributed by atoms with Gasteiger partial charge in [-0.1, -0.05) is 32.0 Å². The molecule has 1 spiro atoms. The number of nitrogens with zero attached hydrogens (tertiary/aromatic N) is 3. The Morgan fingerprint density at radius 3 is 2.79 bits per heavy atom. The molecule has 0 N–H and O–H groups in total. The molecule has 0 bridgehead atoms. The minimum absolute atomic E-state index is 0.0817. The fourth-order valence-electron chi connectivity index (χ4n) is 5.44. The summed E-state index contributed by atoms with van der Waals surface area (Å²) >= 11 is 0. The van der Waals surface area contributed by atoms with E-state index in [9.17, 15) is 9.18 Å². The van der Waals surface area contributed by atoms with Gasteiger partial charge in [0, 0.05) is 12.7 Å². The zero-order chi connectivity index (χ0) is 23.9. The van der Waals surface area contributed by atoms with Gasteiger partial charge in [-0.3, -0.25) is 4.79 Å². The lowest BCUT2D eigenvalue weighted by molar-refractivity contribution is -0.210. The van der Waals surface area contributed by atoms with E-state index in [2.05, 4.69) is 18.8 Å². The van der Waals surface area contributed by atoms with Gasteiger partial charge in [-0.05, 0) is 55.0 Å². The second-order valence-corrected chi connectivity index (χ2v) is 9.99. The van der Waals surface area contributed by atoms with Crippen molar-refractivity contribution in [2.75, 3.05) is 26.3 Å². The van der Waals surface area contributed by atoms with Gasteiger partial charge in [0.15, 0.2) is 0 Å². The first kappa shape index (κ1) is 23.0. The van der Waals surface area contributed by atoms with Crippen molar-refractivity contribution in [3.63, 3.8) is 0 Å². The lowest BCUT2D eigenvalue weighted by atomic mass is 9.75. The quantitative estimate of drug-likeness (QED) is 0.575. The Kier molecular flexibility index (Phi) is 6.16. The Bertz CT molecular complexity index is 1180. The third-order valence-electron chi connectivity index (χ3n) is 7.33. The van der Waals surface area contributed by atoms with E-state index < -0.39 is 5.60 Å². The molecule has 7 heteroatoms. The Morgan fingerprint density at radius 1 is 1.24 bits per heavy atom. The number of benzene rings is 1. The van der Waals surface area contributed by atoms with Crippen molar-refractivity contribution in [3.05, 3.63) is 71.4 Å². The van der Waals surface area contributed by atoms with Gasteiger partial charge in [0.25, 0.3) is 0 Å². The monoisotopic (exact) mass is 465 g/mol. The van der Waals surface area contributed by atoms with Crippen LogP contribution in [0.1, 0.15) is 43.3 Å². The molecule has 180 valence electrons. The first-order valence-corrected chi connectivity index (χ1v) is 12.1. The van der Waals surface area contributed by atoms with E-state index in [4.69, 9.17) is 9.47 Å². The van der Waals surface area contributed by atoms with Gasteiger partial charge < -0.3 is 18.8 Å². The molecule has 2 aliphatic rings. The largest absolute Gasteiger partial charge is 0.370 e. The number of hydrogen-bond acceptors (Lipinski definition) is 4. The van der Waals surface area contributed by atoms with Gasteiger partial charge >= 0.3 is 0 Å². The van der Waals surface area contributed by atoms with Gasteiger partial charge in [0.2, 0.25) is 5.91 Å². The molecule has 3 aromatic rings. The molecule has 2 saturated heterocycles. The van der Waals surface area contributed by atoms with E-state index in [1.807, 2.05) is 52.8 Å². The lowest BCUT2D eigenvalue weighted by Crippen LogP contribution is -2.59. The lowest BCUT2D eigenvalue weighted by Gasteiger charge is -2.50. The highest BCUT2D eigenvalue weighted by atomic mass is 19.1. The summed E-state index contributed by atoms with van der Waals surface area (Å²) in [6.45, 7) is 8.31. The molecule has 0 aliphatic carbocycles. The van der Waals surface area contributed by atoms with Crippen LogP contribution in [-0.2, 0) is 20.7 Å². The summed E-state index contributed by atoms with van der Waals surface area (Å²) in [5.41, 5.74) is 3.13. The number of ether oxygens (including phenoxy) is 2. The minimum Gasteiger partial charge on any atom is -0.370 e. The summed E-state index contributed by atoms with van der Waals surface area (Å²) in [6, 6.07) is 12.4. The van der Waals surface area contributed by atoms with E-state index in [1.165, 1.54) is 12.1 Å². The second kappa shape index (κ2) is 9.12. The number of morpholine rings is 1. The van der Waals surface area contributed by atoms with Crippen molar-refractivity contribution >= 4 is 11.6 Å². The van der Waals surface area contributed by atoms with Gasteiger partial charge in [0.1, 0.15) is 17.1 Å². The van der Waals surface area contributed by atoms with Crippen LogP contribution in [0.5, 0.6) is 0 Å². The summed E-state index contributed by atoms with van der Waals surface area (Å²) in [6.07, 6.45) is 2.95. The maximum Gasteiger partial charge on any atom is 0.228 e. The molecule has 3 atom stereocenters. The number of fused-ring (bicyclic) bond motifs is 1. The van der Waals surface area contributed by atoms with Crippen LogP contribution in [0.4, 0.5) is 4.39 Å². The maximum atomic E-state index is 13.5. The molecule has 1 aromatic carbocycles. The van der Waals surface area contributed by atoms with Gasteiger partial charge in [-0.2, -0.15) is 0 Å². The molecule has 1 amide bonds.